The molecule has 0 spiro atoms. The average Bonchev–Trinajstić information content (AvgIpc) is 2.82. The van der Waals surface area contributed by atoms with E-state index in [2.05, 4.69) is 13.8 Å². The van der Waals surface area contributed by atoms with Crippen LogP contribution in [0.2, 0.25) is 0 Å². The molecule has 26 heavy (non-hydrogen) atoms. The van der Waals surface area contributed by atoms with Crippen LogP contribution in [0.1, 0.15) is 65.2 Å². The summed E-state index contributed by atoms with van der Waals surface area (Å²) >= 11 is 0. The first-order valence-electron chi connectivity index (χ1n) is 9.23. The molecule has 1 saturated heterocycles. The minimum absolute atomic E-state index is 0.0214. The highest BCUT2D eigenvalue weighted by atomic mass is 16.5. The van der Waals surface area contributed by atoms with Crippen molar-refractivity contribution in [3.8, 4) is 0 Å². The first-order valence-corrected chi connectivity index (χ1v) is 9.23. The van der Waals surface area contributed by atoms with Crippen molar-refractivity contribution in [2.75, 3.05) is 19.6 Å². The average molecular weight is 358 g/mol. The molecule has 2 aliphatic rings. The van der Waals surface area contributed by atoms with Crippen LogP contribution in [-0.2, 0) is 4.74 Å². The zero-order valence-corrected chi connectivity index (χ0v) is 15.8. The maximum atomic E-state index is 12.8. The number of morpholine rings is 1. The summed E-state index contributed by atoms with van der Waals surface area (Å²) in [5.74, 6) is -0.292. The van der Waals surface area contributed by atoms with Gasteiger partial charge in [0.15, 0.2) is 0 Å². The molecular formula is C20H26N2O4. The van der Waals surface area contributed by atoms with Gasteiger partial charge >= 0.3 is 0 Å². The SMILES string of the molecule is CC(C)CCN1C(=O)c2ccc(C(=O)N3C[C@H](C)O[C@@H](C)C3)cc2C1=O. The van der Waals surface area contributed by atoms with Crippen molar-refractivity contribution in [3.05, 3.63) is 34.9 Å². The zero-order chi connectivity index (χ0) is 19.0. The van der Waals surface area contributed by atoms with Crippen LogP contribution in [-0.4, -0.2) is 59.4 Å². The number of hydrogen-bond acceptors (Lipinski definition) is 4. The number of amides is 3. The van der Waals surface area contributed by atoms with Crippen molar-refractivity contribution < 1.29 is 19.1 Å². The van der Waals surface area contributed by atoms with Crippen LogP contribution in [0.3, 0.4) is 0 Å². The Morgan fingerprint density at radius 1 is 1.12 bits per heavy atom. The minimum Gasteiger partial charge on any atom is -0.372 e. The smallest absolute Gasteiger partial charge is 0.261 e. The van der Waals surface area contributed by atoms with Crippen molar-refractivity contribution >= 4 is 17.7 Å². The van der Waals surface area contributed by atoms with Crippen LogP contribution >= 0.6 is 0 Å². The number of benzene rings is 1. The van der Waals surface area contributed by atoms with Gasteiger partial charge in [0.1, 0.15) is 0 Å². The van der Waals surface area contributed by atoms with Gasteiger partial charge in [-0.25, -0.2) is 0 Å². The Kier molecular flexibility index (Phi) is 5.14. The van der Waals surface area contributed by atoms with Crippen LogP contribution in [0.25, 0.3) is 0 Å². The second kappa shape index (κ2) is 7.19. The molecule has 2 heterocycles. The molecule has 2 aliphatic heterocycles. The van der Waals surface area contributed by atoms with Crippen LogP contribution in [0.4, 0.5) is 0 Å². The fourth-order valence-electron chi connectivity index (χ4n) is 3.54. The van der Waals surface area contributed by atoms with Gasteiger partial charge in [0.2, 0.25) is 0 Å². The van der Waals surface area contributed by atoms with Gasteiger partial charge in [0.05, 0.1) is 23.3 Å². The van der Waals surface area contributed by atoms with E-state index in [4.69, 9.17) is 4.74 Å². The van der Waals surface area contributed by atoms with Gasteiger partial charge < -0.3 is 9.64 Å². The summed E-state index contributed by atoms with van der Waals surface area (Å²) in [7, 11) is 0. The molecule has 3 amide bonds. The van der Waals surface area contributed by atoms with E-state index in [-0.39, 0.29) is 29.9 Å². The Labute approximate surface area is 154 Å². The summed E-state index contributed by atoms with van der Waals surface area (Å²) in [5.41, 5.74) is 1.16. The first kappa shape index (κ1) is 18.6. The highest BCUT2D eigenvalue weighted by molar-refractivity contribution is 6.22. The largest absolute Gasteiger partial charge is 0.372 e. The number of nitrogens with zero attached hydrogens (tertiary/aromatic N) is 2. The molecule has 6 heteroatoms. The Morgan fingerprint density at radius 2 is 1.73 bits per heavy atom. The van der Waals surface area contributed by atoms with E-state index in [0.29, 0.717) is 42.2 Å². The van der Waals surface area contributed by atoms with Gasteiger partial charge in [-0.3, -0.25) is 19.3 Å². The van der Waals surface area contributed by atoms with E-state index in [0.717, 1.165) is 6.42 Å². The van der Waals surface area contributed by atoms with Crippen LogP contribution in [0.5, 0.6) is 0 Å². The predicted octanol–water partition coefficient (Wildman–Crippen LogP) is 2.58. The maximum absolute atomic E-state index is 12.8. The fourth-order valence-corrected chi connectivity index (χ4v) is 3.54. The molecule has 1 aromatic rings. The highest BCUT2D eigenvalue weighted by Crippen LogP contribution is 2.26. The fraction of sp³-hybridized carbons (Fsp3) is 0.550. The Balaban J connectivity index is 1.81. The molecule has 3 rings (SSSR count). The number of fused-ring (bicyclic) bond motifs is 1. The molecule has 2 atom stereocenters. The summed E-state index contributed by atoms with van der Waals surface area (Å²) in [6, 6.07) is 4.81. The van der Waals surface area contributed by atoms with Crippen LogP contribution < -0.4 is 0 Å². The summed E-state index contributed by atoms with van der Waals surface area (Å²) in [4.78, 5) is 41.0. The third-order valence-corrected chi connectivity index (χ3v) is 4.85. The Morgan fingerprint density at radius 3 is 2.35 bits per heavy atom. The number of rotatable bonds is 4. The predicted molar refractivity (Wildman–Crippen MR) is 97.2 cm³/mol. The van der Waals surface area contributed by atoms with E-state index in [1.54, 1.807) is 23.1 Å². The molecule has 0 aliphatic carbocycles. The topological polar surface area (TPSA) is 66.9 Å². The van der Waals surface area contributed by atoms with E-state index in [1.165, 1.54) is 4.90 Å². The van der Waals surface area contributed by atoms with Gasteiger partial charge in [-0.1, -0.05) is 13.8 Å². The molecule has 1 aromatic carbocycles. The van der Waals surface area contributed by atoms with E-state index < -0.39 is 0 Å². The summed E-state index contributed by atoms with van der Waals surface area (Å²) in [6.45, 7) is 9.44. The number of carbonyl (C=O) groups is 3. The monoisotopic (exact) mass is 358 g/mol. The molecule has 0 bridgehead atoms. The zero-order valence-electron chi connectivity index (χ0n) is 15.8. The molecule has 6 nitrogen and oxygen atoms in total. The van der Waals surface area contributed by atoms with Gasteiger partial charge in [0.25, 0.3) is 17.7 Å². The molecule has 0 N–H and O–H groups in total. The molecule has 140 valence electrons. The van der Waals surface area contributed by atoms with E-state index >= 15 is 0 Å². The van der Waals surface area contributed by atoms with Crippen molar-refractivity contribution in [1.29, 1.82) is 0 Å². The third kappa shape index (κ3) is 3.51. The third-order valence-electron chi connectivity index (χ3n) is 4.85. The molecule has 1 fully saturated rings. The lowest BCUT2D eigenvalue weighted by Gasteiger charge is -2.35. The Hall–Kier alpha value is -2.21. The lowest BCUT2D eigenvalue weighted by molar-refractivity contribution is -0.0586. The van der Waals surface area contributed by atoms with Crippen LogP contribution in [0.15, 0.2) is 18.2 Å². The normalized spacial score (nSPS) is 23.0. The van der Waals surface area contributed by atoms with Crippen LogP contribution in [0, 0.1) is 5.92 Å². The van der Waals surface area contributed by atoms with E-state index in [9.17, 15) is 14.4 Å². The van der Waals surface area contributed by atoms with Gasteiger partial charge in [-0.05, 0) is 44.4 Å². The Bertz CT molecular complexity index is 733. The molecule has 0 saturated carbocycles. The summed E-state index contributed by atoms with van der Waals surface area (Å²) in [5, 5.41) is 0. The number of ether oxygens (including phenoxy) is 1. The summed E-state index contributed by atoms with van der Waals surface area (Å²) < 4.78 is 5.67. The van der Waals surface area contributed by atoms with Gasteiger partial charge in [0, 0.05) is 25.2 Å². The van der Waals surface area contributed by atoms with Gasteiger partial charge in [-0.15, -0.1) is 0 Å². The van der Waals surface area contributed by atoms with Crippen molar-refractivity contribution in [3.63, 3.8) is 0 Å². The first-order chi connectivity index (χ1) is 12.3. The lowest BCUT2D eigenvalue weighted by Crippen LogP contribution is -2.48. The van der Waals surface area contributed by atoms with Gasteiger partial charge in [-0.2, -0.15) is 0 Å². The second-order valence-corrected chi connectivity index (χ2v) is 7.67. The molecule has 0 aromatic heterocycles. The lowest BCUT2D eigenvalue weighted by atomic mass is 10.0. The number of hydrogen-bond donors (Lipinski definition) is 0. The molecular weight excluding hydrogens is 332 g/mol. The summed E-state index contributed by atoms with van der Waals surface area (Å²) in [6.07, 6.45) is 0.722. The molecule has 0 unspecified atom stereocenters. The van der Waals surface area contributed by atoms with Crippen molar-refractivity contribution in [1.82, 2.24) is 9.80 Å². The number of carbonyl (C=O) groups excluding carboxylic acids is 3. The van der Waals surface area contributed by atoms with Crippen molar-refractivity contribution in [2.24, 2.45) is 5.92 Å². The second-order valence-electron chi connectivity index (χ2n) is 7.67. The quantitative estimate of drug-likeness (QED) is 0.776. The standard InChI is InChI=1S/C20H26N2O4/c1-12(2)7-8-22-19(24)16-6-5-15(9-17(16)20(22)25)18(23)21-10-13(3)26-14(4)11-21/h5-6,9,12-14H,7-8,10-11H2,1-4H3/t13-,14-/m0/s1. The van der Waals surface area contributed by atoms with E-state index in [1.807, 2.05) is 13.8 Å². The van der Waals surface area contributed by atoms with Crippen molar-refractivity contribution in [2.45, 2.75) is 46.3 Å². The maximum Gasteiger partial charge on any atom is 0.261 e. The molecule has 0 radical (unpaired) electrons. The number of imide groups is 1. The highest BCUT2D eigenvalue weighted by Gasteiger charge is 2.36. The minimum atomic E-state index is -0.302.